The van der Waals surface area contributed by atoms with Crippen molar-refractivity contribution >= 4 is 16.9 Å². The lowest BCUT2D eigenvalue weighted by Crippen LogP contribution is -2.44. The number of fused-ring (bicyclic) bond motifs is 5. The van der Waals surface area contributed by atoms with Crippen molar-refractivity contribution in [3.8, 4) is 11.4 Å². The van der Waals surface area contributed by atoms with E-state index in [1.54, 1.807) is 24.5 Å². The van der Waals surface area contributed by atoms with Gasteiger partial charge in [-0.05, 0) is 48.9 Å². The Hall–Kier alpha value is -3.10. The van der Waals surface area contributed by atoms with Gasteiger partial charge in [0.1, 0.15) is 12.4 Å². The highest BCUT2D eigenvalue weighted by atomic mass is 19.1. The average molecular weight is 464 g/mol. The van der Waals surface area contributed by atoms with E-state index in [1.807, 2.05) is 6.92 Å². The highest BCUT2D eigenvalue weighted by Crippen LogP contribution is 2.48. The fourth-order valence-corrected chi connectivity index (χ4v) is 6.05. The predicted molar refractivity (Wildman–Crippen MR) is 122 cm³/mol. The number of benzene rings is 1. The molecule has 1 aliphatic carbocycles. The minimum Gasteiger partial charge on any atom is -0.458 e. The van der Waals surface area contributed by atoms with Crippen molar-refractivity contribution in [3.63, 3.8) is 0 Å². The number of nitrogens with zero attached hydrogens (tertiary/aromatic N) is 2. The summed E-state index contributed by atoms with van der Waals surface area (Å²) in [5.74, 6) is -1.11. The van der Waals surface area contributed by atoms with E-state index in [4.69, 9.17) is 9.72 Å². The van der Waals surface area contributed by atoms with Crippen molar-refractivity contribution in [2.75, 3.05) is 6.61 Å². The molecule has 0 fully saturated rings. The van der Waals surface area contributed by atoms with Crippen LogP contribution in [0.25, 0.3) is 22.3 Å². The minimum absolute atomic E-state index is 0.0570. The molecule has 2 aromatic heterocycles. The van der Waals surface area contributed by atoms with Gasteiger partial charge in [0, 0.05) is 28.0 Å². The molecule has 0 radical (unpaired) electrons. The maximum atomic E-state index is 14.8. The van der Waals surface area contributed by atoms with Gasteiger partial charge >= 0.3 is 5.97 Å². The summed E-state index contributed by atoms with van der Waals surface area (Å²) in [7, 11) is 0. The molecule has 4 heterocycles. The van der Waals surface area contributed by atoms with Crippen LogP contribution in [-0.2, 0) is 40.1 Å². The van der Waals surface area contributed by atoms with Gasteiger partial charge in [-0.15, -0.1) is 0 Å². The van der Waals surface area contributed by atoms with E-state index < -0.39 is 17.0 Å². The maximum Gasteiger partial charge on any atom is 0.343 e. The first-order valence-corrected chi connectivity index (χ1v) is 11.6. The zero-order valence-corrected chi connectivity index (χ0v) is 19.3. The van der Waals surface area contributed by atoms with Gasteiger partial charge in [-0.3, -0.25) is 4.79 Å². The average Bonchev–Trinajstić information content (AvgIpc) is 3.19. The number of carbonyl (C=O) groups excluding carboxylic acids is 1. The van der Waals surface area contributed by atoms with Gasteiger partial charge in [-0.25, -0.2) is 14.2 Å². The monoisotopic (exact) mass is 464 g/mol. The molecular weight excluding hydrogens is 439 g/mol. The molecule has 1 aromatic carbocycles. The zero-order valence-electron chi connectivity index (χ0n) is 19.3. The number of hydrogen-bond acceptors (Lipinski definition) is 6. The summed E-state index contributed by atoms with van der Waals surface area (Å²) in [6.45, 7) is 5.37. The first kappa shape index (κ1) is 21.4. The van der Waals surface area contributed by atoms with Crippen molar-refractivity contribution in [2.45, 2.75) is 64.2 Å². The van der Waals surface area contributed by atoms with Crippen molar-refractivity contribution in [3.05, 3.63) is 61.7 Å². The van der Waals surface area contributed by atoms with Crippen molar-refractivity contribution in [2.24, 2.45) is 0 Å². The molecule has 0 saturated heterocycles. The second-order valence-electron chi connectivity index (χ2n) is 9.99. The Morgan fingerprint density at radius 1 is 1.24 bits per heavy atom. The van der Waals surface area contributed by atoms with Crippen molar-refractivity contribution < 1.29 is 24.1 Å². The number of carbonyl (C=O) groups is 1. The van der Waals surface area contributed by atoms with Crippen LogP contribution in [0.1, 0.15) is 60.1 Å². The number of aliphatic hydroxyl groups excluding tert-OH is 1. The van der Waals surface area contributed by atoms with Crippen LogP contribution < -0.4 is 5.56 Å². The molecule has 0 unspecified atom stereocenters. The summed E-state index contributed by atoms with van der Waals surface area (Å²) < 4.78 is 21.6. The van der Waals surface area contributed by atoms with Crippen LogP contribution in [0.3, 0.4) is 0 Å². The summed E-state index contributed by atoms with van der Waals surface area (Å²) in [4.78, 5) is 30.7. The fourth-order valence-electron chi connectivity index (χ4n) is 6.05. The van der Waals surface area contributed by atoms with E-state index in [1.165, 1.54) is 6.07 Å². The third-order valence-electron chi connectivity index (χ3n) is 8.18. The Balaban J connectivity index is 1.72. The summed E-state index contributed by atoms with van der Waals surface area (Å²) in [5.41, 5.74) is 2.36. The number of aromatic nitrogens is 2. The third kappa shape index (κ3) is 2.45. The third-order valence-corrected chi connectivity index (χ3v) is 8.18. The van der Waals surface area contributed by atoms with Crippen LogP contribution in [0.5, 0.6) is 0 Å². The zero-order chi connectivity index (χ0) is 24.2. The number of pyridine rings is 2. The van der Waals surface area contributed by atoms with Crippen LogP contribution in [0.2, 0.25) is 0 Å². The molecule has 2 atom stereocenters. The maximum absolute atomic E-state index is 14.8. The highest BCUT2D eigenvalue weighted by molar-refractivity contribution is 5.93. The van der Waals surface area contributed by atoms with Gasteiger partial charge in [0.2, 0.25) is 0 Å². The fraction of sp³-hybridized carbons (Fsp3) is 0.423. The SMILES string of the molecule is CC[C@@]1(O)C(=O)OCc2c1cc1n(c2=O)Cc2c-1nc1cc(F)c(C)c3c1c2[C@@](C)(CO)CC3. The largest absolute Gasteiger partial charge is 0.458 e. The van der Waals surface area contributed by atoms with Gasteiger partial charge < -0.3 is 19.5 Å². The number of esters is 1. The Morgan fingerprint density at radius 2 is 2.00 bits per heavy atom. The van der Waals surface area contributed by atoms with Gasteiger partial charge in [-0.1, -0.05) is 13.8 Å². The van der Waals surface area contributed by atoms with Crippen LogP contribution in [0.15, 0.2) is 16.9 Å². The first-order valence-electron chi connectivity index (χ1n) is 11.6. The molecule has 0 bridgehead atoms. The molecule has 6 rings (SSSR count). The smallest absolute Gasteiger partial charge is 0.343 e. The Labute approximate surface area is 194 Å². The van der Waals surface area contributed by atoms with Crippen LogP contribution in [0.4, 0.5) is 4.39 Å². The minimum atomic E-state index is -1.91. The number of rotatable bonds is 2. The number of cyclic esters (lactones) is 1. The Kier molecular flexibility index (Phi) is 4.24. The molecule has 8 heteroatoms. The van der Waals surface area contributed by atoms with E-state index in [2.05, 4.69) is 0 Å². The first-order chi connectivity index (χ1) is 16.1. The summed E-state index contributed by atoms with van der Waals surface area (Å²) >= 11 is 0. The van der Waals surface area contributed by atoms with Crippen LogP contribution >= 0.6 is 0 Å². The molecule has 34 heavy (non-hydrogen) atoms. The Morgan fingerprint density at radius 3 is 2.71 bits per heavy atom. The standard InChI is InChI=1S/C26H25FN2O5/c1-4-26(33)16-7-19-22-14(9-29(19)23(31)15(16)10-34-24(26)32)21-20-13(5-6-25(21,3)11-30)12(2)17(27)8-18(20)28-22/h7-8,30,33H,4-6,9-11H2,1-3H3/t25-,26+/m1/s1. The summed E-state index contributed by atoms with van der Waals surface area (Å²) in [6.07, 6.45) is 1.34. The second kappa shape index (κ2) is 6.73. The molecule has 176 valence electrons. The lowest BCUT2D eigenvalue weighted by atomic mass is 9.69. The molecule has 3 aliphatic rings. The van der Waals surface area contributed by atoms with Gasteiger partial charge in [0.05, 0.1) is 35.6 Å². The van der Waals surface area contributed by atoms with E-state index in [-0.39, 0.29) is 48.7 Å². The molecule has 2 N–H and O–H groups in total. The summed E-state index contributed by atoms with van der Waals surface area (Å²) in [6, 6.07) is 3.07. The molecule has 2 aliphatic heterocycles. The number of halogens is 1. The normalized spacial score (nSPS) is 24.6. The van der Waals surface area contributed by atoms with E-state index in [9.17, 15) is 24.2 Å². The Bertz CT molecular complexity index is 1510. The molecular formula is C26H25FN2O5. The highest BCUT2D eigenvalue weighted by Gasteiger charge is 2.46. The van der Waals surface area contributed by atoms with Gasteiger partial charge in [0.15, 0.2) is 5.60 Å². The van der Waals surface area contributed by atoms with E-state index in [0.717, 1.165) is 22.1 Å². The van der Waals surface area contributed by atoms with Crippen molar-refractivity contribution in [1.82, 2.24) is 9.55 Å². The van der Waals surface area contributed by atoms with Crippen molar-refractivity contribution in [1.29, 1.82) is 0 Å². The molecule has 0 saturated carbocycles. The number of hydrogen-bond donors (Lipinski definition) is 2. The topological polar surface area (TPSA) is 102 Å². The van der Waals surface area contributed by atoms with Crippen LogP contribution in [0, 0.1) is 12.7 Å². The van der Waals surface area contributed by atoms with Gasteiger partial charge in [-0.2, -0.15) is 0 Å². The lowest BCUT2D eigenvalue weighted by Gasteiger charge is -2.36. The van der Waals surface area contributed by atoms with E-state index >= 15 is 0 Å². The quantitative estimate of drug-likeness (QED) is 0.443. The number of ether oxygens (including phenoxy) is 1. The molecule has 7 nitrogen and oxygen atoms in total. The predicted octanol–water partition coefficient (Wildman–Crippen LogP) is 2.72. The number of aryl methyl sites for hydroxylation is 1. The van der Waals surface area contributed by atoms with Crippen LogP contribution in [-0.4, -0.2) is 32.3 Å². The molecule has 3 aromatic rings. The lowest BCUT2D eigenvalue weighted by molar-refractivity contribution is -0.172. The van der Waals surface area contributed by atoms with E-state index in [0.29, 0.717) is 35.3 Å². The molecule has 0 amide bonds. The number of aliphatic hydroxyl groups is 2. The second-order valence-corrected chi connectivity index (χ2v) is 9.99. The molecule has 0 spiro atoms. The summed E-state index contributed by atoms with van der Waals surface area (Å²) in [5, 5.41) is 22.3. The van der Waals surface area contributed by atoms with Gasteiger partial charge in [0.25, 0.3) is 5.56 Å².